The third-order valence-corrected chi connectivity index (χ3v) is 4.23. The Hall–Kier alpha value is -3.61. The number of hydrogen-bond acceptors (Lipinski definition) is 5. The van der Waals surface area contributed by atoms with Gasteiger partial charge in [0.1, 0.15) is 5.69 Å². The molecule has 3 heterocycles. The number of nitrogens with one attached hydrogen (secondary N) is 2. The number of aromatic nitrogens is 3. The van der Waals surface area contributed by atoms with Gasteiger partial charge in [0.25, 0.3) is 11.8 Å². The van der Waals surface area contributed by atoms with Gasteiger partial charge in [-0.1, -0.05) is 0 Å². The van der Waals surface area contributed by atoms with E-state index in [-0.39, 0.29) is 23.6 Å². The molecule has 1 aliphatic carbocycles. The minimum Gasteiger partial charge on any atom is -0.348 e. The van der Waals surface area contributed by atoms with Crippen LogP contribution in [0.25, 0.3) is 11.1 Å². The topological polar surface area (TPSA) is 96.9 Å². The second kappa shape index (κ2) is 7.33. The molecular weight excluding hydrogens is 342 g/mol. The van der Waals surface area contributed by atoms with Gasteiger partial charge in [-0.2, -0.15) is 0 Å². The van der Waals surface area contributed by atoms with Gasteiger partial charge in [0.15, 0.2) is 0 Å². The normalized spacial score (nSPS) is 13.0. The van der Waals surface area contributed by atoms with Crippen molar-refractivity contribution in [2.24, 2.45) is 0 Å². The molecule has 3 aromatic rings. The molecule has 3 aromatic heterocycles. The van der Waals surface area contributed by atoms with Crippen LogP contribution in [0.5, 0.6) is 0 Å². The van der Waals surface area contributed by atoms with E-state index in [2.05, 4.69) is 25.6 Å². The van der Waals surface area contributed by atoms with E-state index in [0.717, 1.165) is 24.0 Å². The van der Waals surface area contributed by atoms with Crippen LogP contribution < -0.4 is 10.6 Å². The minimum absolute atomic E-state index is 0.232. The largest absolute Gasteiger partial charge is 0.348 e. The maximum absolute atomic E-state index is 12.7. The average molecular weight is 359 g/mol. The first-order valence-electron chi connectivity index (χ1n) is 8.63. The molecule has 0 aliphatic heterocycles. The van der Waals surface area contributed by atoms with Crippen molar-refractivity contribution in [2.45, 2.75) is 18.9 Å². The van der Waals surface area contributed by atoms with Crippen LogP contribution in [-0.4, -0.2) is 32.8 Å². The van der Waals surface area contributed by atoms with Gasteiger partial charge in [-0.15, -0.1) is 0 Å². The maximum atomic E-state index is 12.7. The zero-order valence-corrected chi connectivity index (χ0v) is 14.4. The Morgan fingerprint density at radius 1 is 0.926 bits per heavy atom. The Morgan fingerprint density at radius 2 is 1.70 bits per heavy atom. The second-order valence-corrected chi connectivity index (χ2v) is 6.29. The molecule has 0 spiro atoms. The van der Waals surface area contributed by atoms with Crippen molar-refractivity contribution < 1.29 is 9.59 Å². The summed E-state index contributed by atoms with van der Waals surface area (Å²) < 4.78 is 0. The number of nitrogens with zero attached hydrogens (tertiary/aromatic N) is 3. The third-order valence-electron chi connectivity index (χ3n) is 4.23. The average Bonchev–Trinajstić information content (AvgIpc) is 3.53. The number of pyridine rings is 3. The highest BCUT2D eigenvalue weighted by molar-refractivity contribution is 6.07. The molecule has 27 heavy (non-hydrogen) atoms. The zero-order chi connectivity index (χ0) is 18.6. The van der Waals surface area contributed by atoms with Crippen LogP contribution in [0, 0.1) is 0 Å². The molecule has 0 aromatic carbocycles. The molecule has 1 saturated carbocycles. The van der Waals surface area contributed by atoms with Crippen LogP contribution in [0.2, 0.25) is 0 Å². The Kier molecular flexibility index (Phi) is 4.57. The summed E-state index contributed by atoms with van der Waals surface area (Å²) in [4.78, 5) is 37.0. The van der Waals surface area contributed by atoms with Crippen molar-refractivity contribution >= 4 is 17.5 Å². The van der Waals surface area contributed by atoms with Gasteiger partial charge in [0.2, 0.25) is 0 Å². The van der Waals surface area contributed by atoms with E-state index in [9.17, 15) is 9.59 Å². The highest BCUT2D eigenvalue weighted by atomic mass is 16.2. The van der Waals surface area contributed by atoms with E-state index in [1.165, 1.54) is 12.3 Å². The summed E-state index contributed by atoms with van der Waals surface area (Å²) in [6.07, 6.45) is 10.1. The lowest BCUT2D eigenvalue weighted by atomic mass is 10.1. The molecular formula is C20H17N5O2. The highest BCUT2D eigenvalue weighted by Gasteiger charge is 2.24. The van der Waals surface area contributed by atoms with E-state index in [1.807, 2.05) is 18.2 Å². The van der Waals surface area contributed by atoms with Gasteiger partial charge in [0.05, 0.1) is 11.9 Å². The lowest BCUT2D eigenvalue weighted by Crippen LogP contribution is -2.26. The molecule has 2 N–H and O–H groups in total. The number of anilines is 1. The fourth-order valence-corrected chi connectivity index (χ4v) is 2.65. The summed E-state index contributed by atoms with van der Waals surface area (Å²) in [7, 11) is 0. The molecule has 1 fully saturated rings. The fraction of sp³-hybridized carbons (Fsp3) is 0.150. The monoisotopic (exact) mass is 359 g/mol. The first kappa shape index (κ1) is 16.8. The second-order valence-electron chi connectivity index (χ2n) is 6.29. The molecule has 0 unspecified atom stereocenters. The summed E-state index contributed by atoms with van der Waals surface area (Å²) in [5.74, 6) is -0.591. The molecule has 0 bridgehead atoms. The molecule has 7 heteroatoms. The van der Waals surface area contributed by atoms with Gasteiger partial charge >= 0.3 is 0 Å². The molecule has 4 rings (SSSR count). The van der Waals surface area contributed by atoms with Gasteiger partial charge in [-0.25, -0.2) is 0 Å². The van der Waals surface area contributed by atoms with Crippen LogP contribution in [0.15, 0.2) is 61.3 Å². The predicted molar refractivity (Wildman–Crippen MR) is 100 cm³/mol. The number of carbonyl (C=O) groups is 2. The van der Waals surface area contributed by atoms with Crippen LogP contribution in [0.1, 0.15) is 33.7 Å². The minimum atomic E-state index is -0.332. The van der Waals surface area contributed by atoms with E-state index in [1.54, 1.807) is 30.9 Å². The fourth-order valence-electron chi connectivity index (χ4n) is 2.65. The van der Waals surface area contributed by atoms with Crippen LogP contribution in [0.4, 0.5) is 5.69 Å². The molecule has 134 valence electrons. The Balaban J connectivity index is 1.56. The number of carbonyl (C=O) groups excluding carboxylic acids is 2. The summed E-state index contributed by atoms with van der Waals surface area (Å²) >= 11 is 0. The SMILES string of the molecule is O=C(Nc1cnccc1-c1ccncc1)c1ccnc(C(=O)NC2CC2)c1. The number of hydrogen-bond donors (Lipinski definition) is 2. The Bertz CT molecular complexity index is 986. The molecule has 7 nitrogen and oxygen atoms in total. The van der Waals surface area contributed by atoms with Gasteiger partial charge in [-0.05, 0) is 48.7 Å². The summed E-state index contributed by atoms with van der Waals surface area (Å²) in [6, 6.07) is 8.85. The van der Waals surface area contributed by atoms with Crippen molar-refractivity contribution in [3.63, 3.8) is 0 Å². The van der Waals surface area contributed by atoms with Crippen molar-refractivity contribution in [3.8, 4) is 11.1 Å². The summed E-state index contributed by atoms with van der Waals surface area (Å²) in [5.41, 5.74) is 2.92. The number of rotatable bonds is 5. The van der Waals surface area contributed by atoms with Crippen LogP contribution >= 0.6 is 0 Å². The lowest BCUT2D eigenvalue weighted by Gasteiger charge is -2.11. The first-order valence-corrected chi connectivity index (χ1v) is 8.63. The van der Waals surface area contributed by atoms with E-state index in [4.69, 9.17) is 0 Å². The van der Waals surface area contributed by atoms with Crippen molar-refractivity contribution in [1.82, 2.24) is 20.3 Å². The Labute approximate surface area is 155 Å². The molecule has 0 radical (unpaired) electrons. The number of amides is 2. The molecule has 1 aliphatic rings. The first-order chi connectivity index (χ1) is 13.2. The van der Waals surface area contributed by atoms with Gasteiger partial charge < -0.3 is 10.6 Å². The smallest absolute Gasteiger partial charge is 0.270 e. The zero-order valence-electron chi connectivity index (χ0n) is 14.4. The third kappa shape index (κ3) is 3.98. The standard InChI is InChI=1S/C20H17N5O2/c26-19(14-5-10-23-17(11-14)20(27)24-15-1-2-15)25-18-12-22-9-6-16(18)13-3-7-21-8-4-13/h3-12,15H,1-2H2,(H,24,27)(H,25,26). The van der Waals surface area contributed by atoms with Crippen LogP contribution in [-0.2, 0) is 0 Å². The predicted octanol–water partition coefficient (Wildman–Crippen LogP) is 2.68. The summed E-state index contributed by atoms with van der Waals surface area (Å²) in [6.45, 7) is 0. The quantitative estimate of drug-likeness (QED) is 0.730. The van der Waals surface area contributed by atoms with E-state index >= 15 is 0 Å². The van der Waals surface area contributed by atoms with Crippen LogP contribution in [0.3, 0.4) is 0 Å². The molecule has 0 atom stereocenters. The molecule has 0 saturated heterocycles. The summed E-state index contributed by atoms with van der Waals surface area (Å²) in [5, 5.41) is 5.73. The molecule has 2 amide bonds. The van der Waals surface area contributed by atoms with Crippen molar-refractivity contribution in [1.29, 1.82) is 0 Å². The Morgan fingerprint density at radius 3 is 2.48 bits per heavy atom. The highest BCUT2D eigenvalue weighted by Crippen LogP contribution is 2.26. The lowest BCUT2D eigenvalue weighted by molar-refractivity contribution is 0.0946. The van der Waals surface area contributed by atoms with Gasteiger partial charge in [-0.3, -0.25) is 24.5 Å². The van der Waals surface area contributed by atoms with E-state index in [0.29, 0.717) is 11.3 Å². The van der Waals surface area contributed by atoms with E-state index < -0.39 is 0 Å². The van der Waals surface area contributed by atoms with Crippen molar-refractivity contribution in [2.75, 3.05) is 5.32 Å². The van der Waals surface area contributed by atoms with Crippen molar-refractivity contribution in [3.05, 3.63) is 72.6 Å². The van der Waals surface area contributed by atoms with Gasteiger partial charge in [0, 0.05) is 42.0 Å². The maximum Gasteiger partial charge on any atom is 0.270 e.